The highest BCUT2D eigenvalue weighted by atomic mass is 35.5. The lowest BCUT2D eigenvalue weighted by molar-refractivity contribution is -0.122. The third-order valence-electron chi connectivity index (χ3n) is 11.1. The number of benzene rings is 4. The molecular weight excluding hydrogens is 729 g/mol. The summed E-state index contributed by atoms with van der Waals surface area (Å²) in [5, 5.41) is 25.9. The fraction of sp³-hybridized carbons (Fsp3) is 0.400. The van der Waals surface area contributed by atoms with Gasteiger partial charge in [0.1, 0.15) is 36.1 Å². The second kappa shape index (κ2) is 18.2. The highest BCUT2D eigenvalue weighted by Gasteiger charge is 2.29. The van der Waals surface area contributed by atoms with Gasteiger partial charge < -0.3 is 29.7 Å². The monoisotopic (exact) mass is 775 g/mol. The third kappa shape index (κ3) is 9.45. The minimum absolute atomic E-state index is 0.0565. The molecule has 9 nitrogen and oxygen atoms in total. The van der Waals surface area contributed by atoms with Crippen LogP contribution in [0.5, 0.6) is 17.2 Å². The van der Waals surface area contributed by atoms with Gasteiger partial charge in [-0.3, -0.25) is 4.79 Å². The number of hydrogen-bond donors (Lipinski definition) is 2. The Labute approximate surface area is 333 Å². The van der Waals surface area contributed by atoms with Crippen molar-refractivity contribution in [1.82, 2.24) is 15.5 Å². The molecule has 0 aromatic heterocycles. The molecule has 2 aliphatic heterocycles. The minimum atomic E-state index is -0.661. The van der Waals surface area contributed by atoms with Crippen molar-refractivity contribution < 1.29 is 23.4 Å². The van der Waals surface area contributed by atoms with Crippen LogP contribution < -0.4 is 24.8 Å². The van der Waals surface area contributed by atoms with Crippen LogP contribution in [0, 0.1) is 29.6 Å². The smallest absolute Gasteiger partial charge is 0.220 e. The summed E-state index contributed by atoms with van der Waals surface area (Å²) in [6, 6.07) is 25.6. The number of carbonyl (C=O) groups is 1. The number of nitriles is 2. The molecule has 2 atom stereocenters. The van der Waals surface area contributed by atoms with E-state index >= 15 is 0 Å². The molecule has 4 aromatic carbocycles. The van der Waals surface area contributed by atoms with E-state index in [0.717, 1.165) is 78.9 Å². The molecule has 2 heterocycles. The summed E-state index contributed by atoms with van der Waals surface area (Å²) >= 11 is 6.94. The first-order valence-electron chi connectivity index (χ1n) is 19.5. The SMILES string of the molecule is Cc1c(OCCCN2CCC(F)CC2)cccc1-c1cccc2c1CC[C@@H]2Oc1cc(OCc2cc(C#N)cc(C#N)c2)c(CN[C@@H]2CCC(=O)NC2)cc1Cl. The molecule has 0 saturated carbocycles. The van der Waals surface area contributed by atoms with Crippen LogP contribution >= 0.6 is 11.6 Å². The highest BCUT2D eigenvalue weighted by Crippen LogP contribution is 2.44. The zero-order chi connectivity index (χ0) is 39.0. The van der Waals surface area contributed by atoms with Gasteiger partial charge in [0, 0.05) is 56.8 Å². The second-order valence-corrected chi connectivity index (χ2v) is 15.3. The number of fused-ring (bicyclic) bond motifs is 1. The Balaban J connectivity index is 1.07. The molecule has 2 saturated heterocycles. The van der Waals surface area contributed by atoms with Gasteiger partial charge in [-0.15, -0.1) is 0 Å². The van der Waals surface area contributed by atoms with Crippen molar-refractivity contribution in [2.45, 2.75) is 83.3 Å². The molecule has 56 heavy (non-hydrogen) atoms. The van der Waals surface area contributed by atoms with Crippen LogP contribution in [0.4, 0.5) is 4.39 Å². The number of piperidine rings is 2. The van der Waals surface area contributed by atoms with Crippen molar-refractivity contribution in [3.63, 3.8) is 0 Å². The van der Waals surface area contributed by atoms with E-state index in [2.05, 4.69) is 58.9 Å². The van der Waals surface area contributed by atoms with Gasteiger partial charge >= 0.3 is 0 Å². The lowest BCUT2D eigenvalue weighted by Crippen LogP contribution is -2.45. The predicted octanol–water partition coefficient (Wildman–Crippen LogP) is 8.28. The molecule has 11 heteroatoms. The Bertz CT molecular complexity index is 2100. The number of nitrogens with one attached hydrogen (secondary N) is 2. The Morgan fingerprint density at radius 1 is 0.911 bits per heavy atom. The summed E-state index contributed by atoms with van der Waals surface area (Å²) in [6.45, 7) is 6.40. The van der Waals surface area contributed by atoms with Gasteiger partial charge in [0.15, 0.2) is 0 Å². The van der Waals surface area contributed by atoms with Crippen LogP contribution in [0.2, 0.25) is 5.02 Å². The summed E-state index contributed by atoms with van der Waals surface area (Å²) in [4.78, 5) is 14.0. The molecular formula is C45H47ClFN5O4. The normalized spacial score (nSPS) is 18.4. The van der Waals surface area contributed by atoms with Gasteiger partial charge in [-0.25, -0.2) is 4.39 Å². The number of hydrogen-bond acceptors (Lipinski definition) is 8. The molecule has 4 aromatic rings. The van der Waals surface area contributed by atoms with Crippen LogP contribution in [-0.2, 0) is 24.4 Å². The lowest BCUT2D eigenvalue weighted by Gasteiger charge is -2.28. The van der Waals surface area contributed by atoms with E-state index in [1.165, 1.54) is 5.56 Å². The largest absolute Gasteiger partial charge is 0.493 e. The molecule has 3 aliphatic rings. The number of nitrogens with zero attached hydrogens (tertiary/aromatic N) is 3. The molecule has 290 valence electrons. The van der Waals surface area contributed by atoms with Crippen molar-refractivity contribution in [3.05, 3.63) is 111 Å². The second-order valence-electron chi connectivity index (χ2n) is 14.9. The molecule has 0 radical (unpaired) electrons. The van der Waals surface area contributed by atoms with Crippen LogP contribution in [-0.4, -0.2) is 55.8 Å². The molecule has 7 rings (SSSR count). The average molecular weight is 776 g/mol. The van der Waals surface area contributed by atoms with Gasteiger partial charge in [0.25, 0.3) is 0 Å². The molecule has 1 aliphatic carbocycles. The van der Waals surface area contributed by atoms with Crippen LogP contribution in [0.3, 0.4) is 0 Å². The summed E-state index contributed by atoms with van der Waals surface area (Å²) < 4.78 is 32.9. The third-order valence-corrected chi connectivity index (χ3v) is 11.4. The maximum absolute atomic E-state index is 13.5. The zero-order valence-corrected chi connectivity index (χ0v) is 32.5. The number of ether oxygens (including phenoxy) is 3. The maximum Gasteiger partial charge on any atom is 0.220 e. The van der Waals surface area contributed by atoms with Gasteiger partial charge in [0.2, 0.25) is 5.91 Å². The predicted molar refractivity (Wildman–Crippen MR) is 214 cm³/mol. The van der Waals surface area contributed by atoms with E-state index < -0.39 is 6.17 Å². The fourth-order valence-electron chi connectivity index (χ4n) is 7.97. The van der Waals surface area contributed by atoms with Crippen molar-refractivity contribution in [2.75, 3.05) is 32.8 Å². The number of carbonyl (C=O) groups excluding carboxylic acids is 1. The number of rotatable bonds is 14. The van der Waals surface area contributed by atoms with E-state index in [1.807, 2.05) is 24.3 Å². The quantitative estimate of drug-likeness (QED) is 0.123. The first-order valence-corrected chi connectivity index (χ1v) is 19.9. The number of alkyl halides is 1. The first kappa shape index (κ1) is 39.1. The van der Waals surface area contributed by atoms with E-state index in [9.17, 15) is 19.7 Å². The maximum atomic E-state index is 13.5. The Morgan fingerprint density at radius 2 is 1.68 bits per heavy atom. The van der Waals surface area contributed by atoms with Crippen molar-refractivity contribution in [1.29, 1.82) is 10.5 Å². The number of amides is 1. The first-order chi connectivity index (χ1) is 27.3. The van der Waals surface area contributed by atoms with E-state index in [0.29, 0.717) is 72.2 Å². The summed E-state index contributed by atoms with van der Waals surface area (Å²) in [5.41, 5.74) is 8.05. The van der Waals surface area contributed by atoms with Gasteiger partial charge in [-0.1, -0.05) is 41.9 Å². The van der Waals surface area contributed by atoms with Gasteiger partial charge in [0.05, 0.1) is 34.9 Å². The minimum Gasteiger partial charge on any atom is -0.493 e. The standard InChI is InChI=1S/C45H47ClFN5O4/c1-29-36(5-3-8-41(29)54-18-4-15-52-16-13-34(47)14-17-52)37-6-2-7-39-38(37)10-11-42(39)56-44-23-43(55-28-32-20-30(24-48)19-31(21-32)25-49)33(22-40(44)46)26-50-35-9-12-45(53)51-27-35/h2-3,5-8,19-23,34-35,42,50H,4,9-18,26-28H2,1H3,(H,51,53)/t35-,42+/m1/s1. The average Bonchev–Trinajstić information content (AvgIpc) is 3.63. The van der Waals surface area contributed by atoms with E-state index in [-0.39, 0.29) is 24.7 Å². The Morgan fingerprint density at radius 3 is 2.43 bits per heavy atom. The molecule has 2 fully saturated rings. The Kier molecular flexibility index (Phi) is 12.7. The summed E-state index contributed by atoms with van der Waals surface area (Å²) in [6.07, 6.45) is 4.08. The number of likely N-dealkylation sites (tertiary alicyclic amines) is 1. The number of halogens is 2. The van der Waals surface area contributed by atoms with Gasteiger partial charge in [-0.2, -0.15) is 10.5 Å². The van der Waals surface area contributed by atoms with E-state index in [4.69, 9.17) is 25.8 Å². The van der Waals surface area contributed by atoms with Gasteiger partial charge in [-0.05, 0) is 109 Å². The molecule has 1 amide bonds. The molecule has 2 N–H and O–H groups in total. The topological polar surface area (TPSA) is 120 Å². The van der Waals surface area contributed by atoms with Crippen molar-refractivity contribution in [2.24, 2.45) is 0 Å². The molecule has 0 spiro atoms. The van der Waals surface area contributed by atoms with Crippen LogP contribution in [0.15, 0.2) is 66.7 Å². The molecule has 0 unspecified atom stereocenters. The van der Waals surface area contributed by atoms with Crippen molar-refractivity contribution >= 4 is 17.5 Å². The zero-order valence-electron chi connectivity index (χ0n) is 31.7. The summed E-state index contributed by atoms with van der Waals surface area (Å²) in [5.74, 6) is 2.00. The lowest BCUT2D eigenvalue weighted by atomic mass is 9.93. The highest BCUT2D eigenvalue weighted by molar-refractivity contribution is 6.32. The van der Waals surface area contributed by atoms with Crippen LogP contribution in [0.1, 0.15) is 83.6 Å². The molecule has 0 bridgehead atoms. The van der Waals surface area contributed by atoms with E-state index in [1.54, 1.807) is 18.2 Å². The summed E-state index contributed by atoms with van der Waals surface area (Å²) in [7, 11) is 0. The van der Waals surface area contributed by atoms with Crippen LogP contribution in [0.25, 0.3) is 11.1 Å². The fourth-order valence-corrected chi connectivity index (χ4v) is 8.20. The van der Waals surface area contributed by atoms with Crippen molar-refractivity contribution in [3.8, 4) is 40.5 Å². The Hall–Kier alpha value is -5.13.